The molecule has 1 amide bonds. The van der Waals surface area contributed by atoms with Crippen molar-refractivity contribution in [2.75, 3.05) is 5.88 Å². The molecule has 0 aliphatic rings. The number of carbonyl (C=O) groups is 1. The second kappa shape index (κ2) is 7.30. The largest absolute Gasteiger partial charge is 0.353 e. The van der Waals surface area contributed by atoms with Crippen LogP contribution in [0.5, 0.6) is 0 Å². The van der Waals surface area contributed by atoms with E-state index in [0.717, 1.165) is 16.5 Å². The Kier molecular flexibility index (Phi) is 6.34. The molecule has 0 heterocycles. The second-order valence-corrected chi connectivity index (χ2v) is 7.06. The van der Waals surface area contributed by atoms with Gasteiger partial charge in [0.05, 0.1) is 6.42 Å². The molecule has 0 radical (unpaired) electrons. The normalized spacial score (nSPS) is 13.1. The topological polar surface area (TPSA) is 29.1 Å². The summed E-state index contributed by atoms with van der Waals surface area (Å²) in [6.45, 7) is 6.35. The van der Waals surface area contributed by atoms with Gasteiger partial charge in [0, 0.05) is 16.4 Å². The Balaban J connectivity index is 2.60. The molecule has 1 unspecified atom stereocenters. The monoisotopic (exact) mass is 345 g/mol. The van der Waals surface area contributed by atoms with Crippen LogP contribution in [0.4, 0.5) is 0 Å². The number of hydrogen-bond acceptors (Lipinski definition) is 1. The SMILES string of the molecule is CC(C)(C)C(CCCl)NC(=O)Cc1ccc(Br)cc1. The highest BCUT2D eigenvalue weighted by Crippen LogP contribution is 2.22. The van der Waals surface area contributed by atoms with E-state index in [-0.39, 0.29) is 17.4 Å². The molecule has 1 aromatic rings. The maximum atomic E-state index is 12.1. The van der Waals surface area contributed by atoms with Crippen LogP contribution in [0.3, 0.4) is 0 Å². The first-order chi connectivity index (χ1) is 8.82. The van der Waals surface area contributed by atoms with E-state index >= 15 is 0 Å². The average molecular weight is 347 g/mol. The van der Waals surface area contributed by atoms with Gasteiger partial charge in [-0.3, -0.25) is 4.79 Å². The fourth-order valence-corrected chi connectivity index (χ4v) is 2.35. The summed E-state index contributed by atoms with van der Waals surface area (Å²) in [6.07, 6.45) is 1.19. The van der Waals surface area contributed by atoms with Gasteiger partial charge in [-0.1, -0.05) is 48.8 Å². The van der Waals surface area contributed by atoms with Gasteiger partial charge < -0.3 is 5.32 Å². The Morgan fingerprint density at radius 1 is 1.32 bits per heavy atom. The smallest absolute Gasteiger partial charge is 0.224 e. The second-order valence-electron chi connectivity index (χ2n) is 5.77. The number of halogens is 2. The summed E-state index contributed by atoms with van der Waals surface area (Å²) in [6, 6.07) is 7.91. The molecule has 106 valence electrons. The Bertz CT molecular complexity index is 411. The molecule has 1 aromatic carbocycles. The number of alkyl halides is 1. The van der Waals surface area contributed by atoms with Gasteiger partial charge in [0.15, 0.2) is 0 Å². The zero-order valence-electron chi connectivity index (χ0n) is 11.7. The molecule has 0 saturated carbocycles. The minimum atomic E-state index is 0.0181. The highest BCUT2D eigenvalue weighted by atomic mass is 79.9. The van der Waals surface area contributed by atoms with E-state index in [0.29, 0.717) is 12.3 Å². The van der Waals surface area contributed by atoms with E-state index in [4.69, 9.17) is 11.6 Å². The Hall–Kier alpha value is -0.540. The van der Waals surface area contributed by atoms with Gasteiger partial charge in [-0.25, -0.2) is 0 Å². The van der Waals surface area contributed by atoms with Crippen LogP contribution in [-0.4, -0.2) is 17.8 Å². The Morgan fingerprint density at radius 2 is 1.89 bits per heavy atom. The summed E-state index contributed by atoms with van der Waals surface area (Å²) in [4.78, 5) is 12.1. The first-order valence-electron chi connectivity index (χ1n) is 6.42. The van der Waals surface area contributed by atoms with Crippen LogP contribution in [0.1, 0.15) is 32.8 Å². The minimum absolute atomic E-state index is 0.0181. The quantitative estimate of drug-likeness (QED) is 0.797. The lowest BCUT2D eigenvalue weighted by molar-refractivity contribution is -0.121. The van der Waals surface area contributed by atoms with E-state index in [9.17, 15) is 4.79 Å². The van der Waals surface area contributed by atoms with Gasteiger partial charge in [0.2, 0.25) is 5.91 Å². The van der Waals surface area contributed by atoms with Crippen LogP contribution < -0.4 is 5.32 Å². The van der Waals surface area contributed by atoms with E-state index in [2.05, 4.69) is 42.0 Å². The fourth-order valence-electron chi connectivity index (χ4n) is 1.86. The maximum absolute atomic E-state index is 12.1. The molecule has 1 N–H and O–H groups in total. The van der Waals surface area contributed by atoms with Gasteiger partial charge in [0.1, 0.15) is 0 Å². The van der Waals surface area contributed by atoms with E-state index in [1.165, 1.54) is 0 Å². The van der Waals surface area contributed by atoms with E-state index < -0.39 is 0 Å². The van der Waals surface area contributed by atoms with Crippen molar-refractivity contribution < 1.29 is 4.79 Å². The van der Waals surface area contributed by atoms with E-state index in [1.54, 1.807) is 0 Å². The molecule has 0 bridgehead atoms. The molecule has 0 aromatic heterocycles. The molecule has 0 fully saturated rings. The van der Waals surface area contributed by atoms with E-state index in [1.807, 2.05) is 24.3 Å². The van der Waals surface area contributed by atoms with Crippen molar-refractivity contribution in [3.63, 3.8) is 0 Å². The molecule has 19 heavy (non-hydrogen) atoms. The summed E-state index contributed by atoms with van der Waals surface area (Å²) >= 11 is 9.19. The first-order valence-corrected chi connectivity index (χ1v) is 7.75. The highest BCUT2D eigenvalue weighted by Gasteiger charge is 2.25. The van der Waals surface area contributed by atoms with Crippen LogP contribution >= 0.6 is 27.5 Å². The molecule has 1 rings (SSSR count). The van der Waals surface area contributed by atoms with Crippen molar-refractivity contribution in [2.24, 2.45) is 5.41 Å². The molecule has 0 aliphatic carbocycles. The Labute approximate surface area is 129 Å². The zero-order valence-corrected chi connectivity index (χ0v) is 14.0. The molecule has 0 spiro atoms. The number of rotatable bonds is 5. The maximum Gasteiger partial charge on any atom is 0.224 e. The third-order valence-electron chi connectivity index (χ3n) is 3.06. The lowest BCUT2D eigenvalue weighted by Crippen LogP contribution is -2.44. The predicted octanol–water partition coefficient (Wildman–Crippen LogP) is 4.15. The summed E-state index contributed by atoms with van der Waals surface area (Å²) in [5.74, 6) is 0.605. The molecular formula is C15H21BrClNO. The lowest BCUT2D eigenvalue weighted by Gasteiger charge is -2.31. The highest BCUT2D eigenvalue weighted by molar-refractivity contribution is 9.10. The third-order valence-corrected chi connectivity index (χ3v) is 3.80. The molecule has 2 nitrogen and oxygen atoms in total. The Morgan fingerprint density at radius 3 is 2.37 bits per heavy atom. The zero-order chi connectivity index (χ0) is 14.5. The number of benzene rings is 1. The van der Waals surface area contributed by atoms with Gasteiger partial charge >= 0.3 is 0 Å². The van der Waals surface area contributed by atoms with Gasteiger partial charge in [-0.05, 0) is 29.5 Å². The van der Waals surface area contributed by atoms with Crippen LogP contribution in [0.25, 0.3) is 0 Å². The van der Waals surface area contributed by atoms with Crippen molar-refractivity contribution >= 4 is 33.4 Å². The van der Waals surface area contributed by atoms with Crippen molar-refractivity contribution in [1.29, 1.82) is 0 Å². The summed E-state index contributed by atoms with van der Waals surface area (Å²) < 4.78 is 1.02. The molecule has 4 heteroatoms. The standard InChI is InChI=1S/C15H21BrClNO/c1-15(2,3)13(8-9-17)18-14(19)10-11-4-6-12(16)7-5-11/h4-7,13H,8-10H2,1-3H3,(H,18,19). The summed E-state index contributed by atoms with van der Waals surface area (Å²) in [5.41, 5.74) is 1.03. The van der Waals surface area contributed by atoms with Crippen LogP contribution in [0.15, 0.2) is 28.7 Å². The van der Waals surface area contributed by atoms with Crippen molar-refractivity contribution in [3.05, 3.63) is 34.3 Å². The number of carbonyl (C=O) groups excluding carboxylic acids is 1. The van der Waals surface area contributed by atoms with Crippen molar-refractivity contribution in [2.45, 2.75) is 39.7 Å². The average Bonchev–Trinajstić information content (AvgIpc) is 2.30. The van der Waals surface area contributed by atoms with Crippen LogP contribution in [-0.2, 0) is 11.2 Å². The summed E-state index contributed by atoms with van der Waals surface area (Å²) in [5, 5.41) is 3.09. The van der Waals surface area contributed by atoms with Crippen LogP contribution in [0, 0.1) is 5.41 Å². The van der Waals surface area contributed by atoms with Gasteiger partial charge in [-0.2, -0.15) is 0 Å². The van der Waals surface area contributed by atoms with Crippen molar-refractivity contribution in [1.82, 2.24) is 5.32 Å². The van der Waals surface area contributed by atoms with Crippen molar-refractivity contribution in [3.8, 4) is 0 Å². The summed E-state index contributed by atoms with van der Waals surface area (Å²) in [7, 11) is 0. The van der Waals surface area contributed by atoms with Gasteiger partial charge in [-0.15, -0.1) is 11.6 Å². The molecule has 0 aliphatic heterocycles. The minimum Gasteiger partial charge on any atom is -0.353 e. The van der Waals surface area contributed by atoms with Gasteiger partial charge in [0.25, 0.3) is 0 Å². The lowest BCUT2D eigenvalue weighted by atomic mass is 9.85. The number of amides is 1. The first kappa shape index (κ1) is 16.5. The van der Waals surface area contributed by atoms with Crippen LogP contribution in [0.2, 0.25) is 0 Å². The fraction of sp³-hybridized carbons (Fsp3) is 0.533. The predicted molar refractivity (Wildman–Crippen MR) is 84.6 cm³/mol. The number of nitrogens with one attached hydrogen (secondary N) is 1. The molecular weight excluding hydrogens is 326 g/mol. The number of hydrogen-bond donors (Lipinski definition) is 1. The third kappa shape index (κ3) is 5.96. The molecule has 0 saturated heterocycles. The molecule has 1 atom stereocenters.